The van der Waals surface area contributed by atoms with Gasteiger partial charge in [0.05, 0.1) is 17.3 Å². The summed E-state index contributed by atoms with van der Waals surface area (Å²) in [5, 5.41) is 3.57. The molecule has 0 saturated heterocycles. The molecular weight excluding hydrogens is 246 g/mol. The molecule has 2 rings (SSSR count). The molecule has 1 saturated carbocycles. The second-order valence-electron chi connectivity index (χ2n) is 4.73. The molecule has 1 aliphatic rings. The van der Waals surface area contributed by atoms with E-state index < -0.39 is 0 Å². The molecular formula is C14H20ClN3. The van der Waals surface area contributed by atoms with Gasteiger partial charge in [0.2, 0.25) is 0 Å². The van der Waals surface area contributed by atoms with Gasteiger partial charge in [0.25, 0.3) is 0 Å². The van der Waals surface area contributed by atoms with E-state index in [-0.39, 0.29) is 5.88 Å². The lowest BCUT2D eigenvalue weighted by molar-refractivity contribution is 0.463. The first-order chi connectivity index (χ1) is 8.79. The third-order valence-electron chi connectivity index (χ3n) is 3.27. The molecule has 1 fully saturated rings. The van der Waals surface area contributed by atoms with E-state index in [4.69, 9.17) is 17.3 Å². The number of nitrogens with zero attached hydrogens (tertiary/aromatic N) is 1. The van der Waals surface area contributed by atoms with Gasteiger partial charge in [-0.1, -0.05) is 31.4 Å². The standard InChI is InChI=1S/C14H20ClN3/c15-10-14(16)18-13-9-5-4-8-12(13)17-11-6-2-1-3-7-11/h4-5,8-9,11,17H,1-3,6-7,10H2,(H2,16,18). The Morgan fingerprint density at radius 3 is 2.72 bits per heavy atom. The maximum atomic E-state index is 5.70. The zero-order chi connectivity index (χ0) is 12.8. The molecule has 1 aromatic rings. The van der Waals surface area contributed by atoms with Crippen molar-refractivity contribution in [1.29, 1.82) is 0 Å². The number of nitrogens with one attached hydrogen (secondary N) is 1. The molecule has 1 aromatic carbocycles. The molecule has 0 radical (unpaired) electrons. The van der Waals surface area contributed by atoms with E-state index in [1.54, 1.807) is 0 Å². The van der Waals surface area contributed by atoms with Crippen LogP contribution in [-0.4, -0.2) is 17.8 Å². The lowest BCUT2D eigenvalue weighted by atomic mass is 9.95. The third-order valence-corrected chi connectivity index (χ3v) is 3.54. The first-order valence-electron chi connectivity index (χ1n) is 6.54. The molecule has 98 valence electrons. The van der Waals surface area contributed by atoms with Crippen LogP contribution in [0.25, 0.3) is 0 Å². The average molecular weight is 266 g/mol. The predicted molar refractivity (Wildman–Crippen MR) is 78.9 cm³/mol. The van der Waals surface area contributed by atoms with E-state index in [0.29, 0.717) is 11.9 Å². The van der Waals surface area contributed by atoms with E-state index in [0.717, 1.165) is 11.4 Å². The summed E-state index contributed by atoms with van der Waals surface area (Å²) in [5.74, 6) is 0.715. The monoisotopic (exact) mass is 265 g/mol. The minimum Gasteiger partial charge on any atom is -0.386 e. The second kappa shape index (κ2) is 6.64. The number of hydrogen-bond donors (Lipinski definition) is 2. The topological polar surface area (TPSA) is 50.4 Å². The Bertz CT molecular complexity index is 411. The van der Waals surface area contributed by atoms with Crippen molar-refractivity contribution >= 4 is 28.8 Å². The van der Waals surface area contributed by atoms with Gasteiger partial charge in [0.1, 0.15) is 5.84 Å². The summed E-state index contributed by atoms with van der Waals surface area (Å²) in [4.78, 5) is 4.34. The molecule has 1 aliphatic carbocycles. The maximum absolute atomic E-state index is 5.70. The highest BCUT2D eigenvalue weighted by atomic mass is 35.5. The number of amidine groups is 1. The van der Waals surface area contributed by atoms with Crippen LogP contribution >= 0.6 is 11.6 Å². The first-order valence-corrected chi connectivity index (χ1v) is 7.07. The highest BCUT2D eigenvalue weighted by molar-refractivity contribution is 6.28. The van der Waals surface area contributed by atoms with Gasteiger partial charge >= 0.3 is 0 Å². The Labute approximate surface area is 113 Å². The predicted octanol–water partition coefficient (Wildman–Crippen LogP) is 3.66. The summed E-state index contributed by atoms with van der Waals surface area (Å²) in [6.45, 7) is 0. The van der Waals surface area contributed by atoms with Crippen LogP contribution in [0.4, 0.5) is 11.4 Å². The molecule has 0 heterocycles. The van der Waals surface area contributed by atoms with E-state index in [1.165, 1.54) is 32.1 Å². The molecule has 3 N–H and O–H groups in total. The fourth-order valence-corrected chi connectivity index (χ4v) is 2.40. The van der Waals surface area contributed by atoms with Crippen LogP contribution in [0.5, 0.6) is 0 Å². The Hall–Kier alpha value is -1.22. The number of aliphatic imine (C=N–C) groups is 1. The highest BCUT2D eigenvalue weighted by Gasteiger charge is 2.14. The number of rotatable bonds is 4. The SMILES string of the molecule is NC(CCl)=Nc1ccccc1NC1CCCCC1. The molecule has 0 amide bonds. The molecule has 18 heavy (non-hydrogen) atoms. The number of hydrogen-bond acceptors (Lipinski definition) is 2. The van der Waals surface area contributed by atoms with Gasteiger partial charge in [0.15, 0.2) is 0 Å². The van der Waals surface area contributed by atoms with E-state index in [1.807, 2.05) is 18.2 Å². The van der Waals surface area contributed by atoms with Gasteiger partial charge in [-0.3, -0.25) is 0 Å². The van der Waals surface area contributed by atoms with Crippen molar-refractivity contribution in [2.45, 2.75) is 38.1 Å². The zero-order valence-electron chi connectivity index (χ0n) is 10.5. The van der Waals surface area contributed by atoms with Gasteiger partial charge in [-0.05, 0) is 25.0 Å². The first kappa shape index (κ1) is 13.2. The van der Waals surface area contributed by atoms with Gasteiger partial charge in [-0.25, -0.2) is 4.99 Å². The van der Waals surface area contributed by atoms with Gasteiger partial charge < -0.3 is 11.1 Å². The lowest BCUT2D eigenvalue weighted by Gasteiger charge is -2.24. The van der Waals surface area contributed by atoms with Crippen molar-refractivity contribution in [1.82, 2.24) is 0 Å². The number of halogens is 1. The number of para-hydroxylation sites is 2. The molecule has 0 bridgehead atoms. The van der Waals surface area contributed by atoms with Crippen LogP contribution in [0, 0.1) is 0 Å². The summed E-state index contributed by atoms with van der Waals surface area (Å²) in [7, 11) is 0. The molecule has 0 unspecified atom stereocenters. The second-order valence-corrected chi connectivity index (χ2v) is 5.00. The van der Waals surface area contributed by atoms with Crippen molar-refractivity contribution in [3.8, 4) is 0 Å². The fourth-order valence-electron chi connectivity index (χ4n) is 2.34. The van der Waals surface area contributed by atoms with Crippen LogP contribution in [0.3, 0.4) is 0 Å². The molecule has 0 aromatic heterocycles. The van der Waals surface area contributed by atoms with Crippen LogP contribution in [0.2, 0.25) is 0 Å². The minimum atomic E-state index is 0.262. The molecule has 4 heteroatoms. The maximum Gasteiger partial charge on any atom is 0.115 e. The summed E-state index contributed by atoms with van der Waals surface area (Å²) >= 11 is 5.67. The highest BCUT2D eigenvalue weighted by Crippen LogP contribution is 2.28. The molecule has 0 atom stereocenters. The normalized spacial score (nSPS) is 17.7. The van der Waals surface area contributed by atoms with Gasteiger partial charge in [-0.2, -0.15) is 0 Å². The third kappa shape index (κ3) is 3.64. The van der Waals surface area contributed by atoms with Crippen LogP contribution in [0.15, 0.2) is 29.3 Å². The number of nitrogens with two attached hydrogens (primary N) is 1. The van der Waals surface area contributed by atoms with Crippen LogP contribution in [0.1, 0.15) is 32.1 Å². The number of anilines is 1. The van der Waals surface area contributed by atoms with Crippen LogP contribution in [-0.2, 0) is 0 Å². The largest absolute Gasteiger partial charge is 0.386 e. The minimum absolute atomic E-state index is 0.262. The average Bonchev–Trinajstić information content (AvgIpc) is 2.42. The Morgan fingerprint density at radius 1 is 1.28 bits per heavy atom. The number of benzene rings is 1. The summed E-state index contributed by atoms with van der Waals surface area (Å²) in [5.41, 5.74) is 7.63. The van der Waals surface area contributed by atoms with Crippen molar-refractivity contribution in [3.05, 3.63) is 24.3 Å². The Balaban J connectivity index is 2.11. The van der Waals surface area contributed by atoms with E-state index in [2.05, 4.69) is 16.4 Å². The zero-order valence-corrected chi connectivity index (χ0v) is 11.3. The van der Waals surface area contributed by atoms with E-state index in [9.17, 15) is 0 Å². The fraction of sp³-hybridized carbons (Fsp3) is 0.500. The Kier molecular flexibility index (Phi) is 4.88. The molecule has 0 spiro atoms. The van der Waals surface area contributed by atoms with Crippen molar-refractivity contribution < 1.29 is 0 Å². The Morgan fingerprint density at radius 2 is 2.00 bits per heavy atom. The van der Waals surface area contributed by atoms with Crippen molar-refractivity contribution in [2.75, 3.05) is 11.2 Å². The smallest absolute Gasteiger partial charge is 0.115 e. The van der Waals surface area contributed by atoms with Gasteiger partial charge in [-0.15, -0.1) is 11.6 Å². The van der Waals surface area contributed by atoms with Gasteiger partial charge in [0, 0.05) is 6.04 Å². The van der Waals surface area contributed by atoms with E-state index >= 15 is 0 Å². The quantitative estimate of drug-likeness (QED) is 0.496. The molecule has 0 aliphatic heterocycles. The van der Waals surface area contributed by atoms with Crippen molar-refractivity contribution in [2.24, 2.45) is 10.7 Å². The lowest BCUT2D eigenvalue weighted by Crippen LogP contribution is -2.22. The van der Waals surface area contributed by atoms with Crippen molar-refractivity contribution in [3.63, 3.8) is 0 Å². The summed E-state index contributed by atoms with van der Waals surface area (Å²) in [6, 6.07) is 8.56. The summed E-state index contributed by atoms with van der Waals surface area (Å²) in [6.07, 6.45) is 6.46. The van der Waals surface area contributed by atoms with Crippen LogP contribution < -0.4 is 11.1 Å². The number of alkyl halides is 1. The summed E-state index contributed by atoms with van der Waals surface area (Å²) < 4.78 is 0. The molecule has 3 nitrogen and oxygen atoms in total.